The van der Waals surface area contributed by atoms with Gasteiger partial charge in [0, 0.05) is 19.0 Å². The molecule has 0 saturated carbocycles. The Morgan fingerprint density at radius 2 is 2.20 bits per heavy atom. The average molecular weight is 292 g/mol. The van der Waals surface area contributed by atoms with Gasteiger partial charge in [0.15, 0.2) is 5.78 Å². The van der Waals surface area contributed by atoms with Gasteiger partial charge in [0.05, 0.1) is 4.88 Å². The summed E-state index contributed by atoms with van der Waals surface area (Å²) < 4.78 is 0. The summed E-state index contributed by atoms with van der Waals surface area (Å²) in [6.07, 6.45) is 5.73. The van der Waals surface area contributed by atoms with Gasteiger partial charge in [-0.2, -0.15) is 0 Å². The molecule has 2 fully saturated rings. The second-order valence-corrected chi connectivity index (χ2v) is 6.94. The predicted octanol–water partition coefficient (Wildman–Crippen LogP) is 2.88. The Labute approximate surface area is 125 Å². The van der Waals surface area contributed by atoms with Crippen LogP contribution in [-0.4, -0.2) is 54.3 Å². The van der Waals surface area contributed by atoms with Gasteiger partial charge in [0.2, 0.25) is 0 Å². The molecule has 1 aromatic heterocycles. The van der Waals surface area contributed by atoms with Gasteiger partial charge in [-0.3, -0.25) is 9.69 Å². The first-order valence-electron chi connectivity index (χ1n) is 7.86. The first kappa shape index (κ1) is 14.2. The second-order valence-electron chi connectivity index (χ2n) is 5.99. The van der Waals surface area contributed by atoms with Gasteiger partial charge >= 0.3 is 0 Å². The fourth-order valence-electron chi connectivity index (χ4n) is 3.51. The van der Waals surface area contributed by atoms with E-state index in [0.29, 0.717) is 12.2 Å². The largest absolute Gasteiger partial charge is 0.302 e. The quantitative estimate of drug-likeness (QED) is 0.780. The molecule has 3 rings (SSSR count). The van der Waals surface area contributed by atoms with E-state index in [4.69, 9.17) is 0 Å². The van der Waals surface area contributed by atoms with Crippen LogP contribution in [0.2, 0.25) is 0 Å². The van der Waals surface area contributed by atoms with Crippen LogP contribution in [0.4, 0.5) is 0 Å². The molecule has 0 bridgehead atoms. The highest BCUT2D eigenvalue weighted by atomic mass is 32.1. The van der Waals surface area contributed by atoms with E-state index < -0.39 is 0 Å². The summed E-state index contributed by atoms with van der Waals surface area (Å²) in [5, 5.41) is 1.98. The molecule has 2 saturated heterocycles. The molecule has 1 unspecified atom stereocenters. The van der Waals surface area contributed by atoms with E-state index in [1.165, 1.54) is 45.4 Å². The molecule has 0 aliphatic carbocycles. The van der Waals surface area contributed by atoms with Gasteiger partial charge in [0.25, 0.3) is 0 Å². The fourth-order valence-corrected chi connectivity index (χ4v) is 4.20. The number of ketones is 1. The number of hydrogen-bond acceptors (Lipinski definition) is 4. The number of carbonyl (C=O) groups excluding carboxylic acids is 1. The van der Waals surface area contributed by atoms with Crippen LogP contribution in [0.25, 0.3) is 0 Å². The van der Waals surface area contributed by atoms with Crippen LogP contribution in [0, 0.1) is 0 Å². The lowest BCUT2D eigenvalue weighted by Gasteiger charge is -2.25. The Morgan fingerprint density at radius 1 is 1.30 bits per heavy atom. The Hall–Kier alpha value is -0.710. The third kappa shape index (κ3) is 3.48. The van der Waals surface area contributed by atoms with E-state index in [1.54, 1.807) is 11.3 Å². The lowest BCUT2D eigenvalue weighted by Crippen LogP contribution is -2.37. The summed E-state index contributed by atoms with van der Waals surface area (Å²) in [6.45, 7) is 6.08. The van der Waals surface area contributed by atoms with E-state index in [1.807, 2.05) is 17.5 Å². The lowest BCUT2D eigenvalue weighted by atomic mass is 10.1. The number of nitrogens with zero attached hydrogens (tertiary/aromatic N) is 2. The number of fused-ring (bicyclic) bond motifs is 1. The number of Topliss-reactive ketones (excluding diaryl/α,β-unsaturated/α-hetero) is 1. The van der Waals surface area contributed by atoms with Crippen molar-refractivity contribution in [2.75, 3.05) is 32.7 Å². The first-order valence-corrected chi connectivity index (χ1v) is 8.74. The zero-order valence-electron chi connectivity index (χ0n) is 12.1. The molecule has 2 aliphatic heterocycles. The maximum Gasteiger partial charge on any atom is 0.172 e. The van der Waals surface area contributed by atoms with Crippen molar-refractivity contribution in [1.29, 1.82) is 0 Å². The van der Waals surface area contributed by atoms with Crippen molar-refractivity contribution >= 4 is 17.1 Å². The minimum atomic E-state index is 0.317. The Bertz CT molecular complexity index is 432. The van der Waals surface area contributed by atoms with Crippen LogP contribution < -0.4 is 0 Å². The Kier molecular flexibility index (Phi) is 4.86. The average Bonchev–Trinajstić information content (AvgIpc) is 3.08. The molecule has 0 N–H and O–H groups in total. The number of carbonyl (C=O) groups is 1. The minimum absolute atomic E-state index is 0.317. The minimum Gasteiger partial charge on any atom is -0.302 e. The number of hydrogen-bond donors (Lipinski definition) is 0. The fraction of sp³-hybridized carbons (Fsp3) is 0.688. The van der Waals surface area contributed by atoms with Gasteiger partial charge in [-0.1, -0.05) is 6.07 Å². The van der Waals surface area contributed by atoms with Crippen LogP contribution in [0.5, 0.6) is 0 Å². The molecule has 3 nitrogen and oxygen atoms in total. The molecule has 4 heteroatoms. The molecule has 0 spiro atoms. The molecule has 0 amide bonds. The van der Waals surface area contributed by atoms with Gasteiger partial charge in [0.1, 0.15) is 0 Å². The van der Waals surface area contributed by atoms with Gasteiger partial charge in [-0.25, -0.2) is 0 Å². The van der Waals surface area contributed by atoms with Crippen LogP contribution >= 0.6 is 11.3 Å². The van der Waals surface area contributed by atoms with E-state index in [2.05, 4.69) is 9.80 Å². The summed E-state index contributed by atoms with van der Waals surface area (Å²) in [6, 6.07) is 4.68. The van der Waals surface area contributed by atoms with Crippen molar-refractivity contribution in [3.05, 3.63) is 22.4 Å². The maximum atomic E-state index is 12.0. The molecular weight excluding hydrogens is 268 g/mol. The van der Waals surface area contributed by atoms with Crippen molar-refractivity contribution < 1.29 is 4.79 Å². The summed E-state index contributed by atoms with van der Waals surface area (Å²) in [5.74, 6) is 0.317. The van der Waals surface area contributed by atoms with Crippen molar-refractivity contribution in [3.8, 4) is 0 Å². The lowest BCUT2D eigenvalue weighted by molar-refractivity contribution is 0.0978. The Morgan fingerprint density at radius 3 is 3.05 bits per heavy atom. The van der Waals surface area contributed by atoms with Gasteiger partial charge in [-0.15, -0.1) is 11.3 Å². The Balaban J connectivity index is 1.43. The van der Waals surface area contributed by atoms with Crippen molar-refractivity contribution in [3.63, 3.8) is 0 Å². The standard InChI is InChI=1S/C16H24N2OS/c19-15(16-7-3-12-20-16)6-2-8-17-9-4-11-18-10-1-5-14(18)13-17/h3,7,12,14H,1-2,4-6,8-11,13H2. The molecule has 0 radical (unpaired) electrons. The molecule has 0 aromatic carbocycles. The predicted molar refractivity (Wildman–Crippen MR) is 83.5 cm³/mol. The molecular formula is C16H24N2OS. The zero-order valence-corrected chi connectivity index (χ0v) is 12.9. The third-order valence-corrected chi connectivity index (χ3v) is 5.47. The number of rotatable bonds is 5. The first-order chi connectivity index (χ1) is 9.83. The third-order valence-electron chi connectivity index (χ3n) is 4.56. The topological polar surface area (TPSA) is 23.6 Å². The van der Waals surface area contributed by atoms with Gasteiger partial charge in [-0.05, 0) is 63.3 Å². The van der Waals surface area contributed by atoms with E-state index in [9.17, 15) is 4.79 Å². The highest BCUT2D eigenvalue weighted by molar-refractivity contribution is 7.12. The molecule has 1 aromatic rings. The van der Waals surface area contributed by atoms with Crippen LogP contribution in [0.3, 0.4) is 0 Å². The van der Waals surface area contributed by atoms with E-state index in [0.717, 1.165) is 23.9 Å². The smallest absolute Gasteiger partial charge is 0.172 e. The van der Waals surface area contributed by atoms with Crippen LogP contribution in [0.15, 0.2) is 17.5 Å². The van der Waals surface area contributed by atoms with E-state index >= 15 is 0 Å². The maximum absolute atomic E-state index is 12.0. The second kappa shape index (κ2) is 6.83. The summed E-state index contributed by atoms with van der Waals surface area (Å²) >= 11 is 1.56. The highest BCUT2D eigenvalue weighted by Gasteiger charge is 2.28. The van der Waals surface area contributed by atoms with Crippen molar-refractivity contribution in [2.24, 2.45) is 0 Å². The SMILES string of the molecule is O=C(CCCN1CCCN2CCCC2C1)c1cccs1. The highest BCUT2D eigenvalue weighted by Crippen LogP contribution is 2.21. The van der Waals surface area contributed by atoms with Gasteiger partial charge < -0.3 is 4.90 Å². The van der Waals surface area contributed by atoms with Crippen molar-refractivity contribution in [2.45, 2.75) is 38.1 Å². The van der Waals surface area contributed by atoms with E-state index in [-0.39, 0.29) is 0 Å². The van der Waals surface area contributed by atoms with Crippen LogP contribution in [-0.2, 0) is 0 Å². The summed E-state index contributed by atoms with van der Waals surface area (Å²) in [7, 11) is 0. The molecule has 3 heterocycles. The summed E-state index contributed by atoms with van der Waals surface area (Å²) in [4.78, 5) is 18.1. The number of thiophene rings is 1. The monoisotopic (exact) mass is 292 g/mol. The zero-order chi connectivity index (χ0) is 13.8. The summed E-state index contributed by atoms with van der Waals surface area (Å²) in [5.41, 5.74) is 0. The van der Waals surface area contributed by atoms with Crippen LogP contribution in [0.1, 0.15) is 41.8 Å². The normalized spacial score (nSPS) is 24.5. The van der Waals surface area contributed by atoms with Crippen molar-refractivity contribution in [1.82, 2.24) is 9.80 Å². The molecule has 1 atom stereocenters. The molecule has 2 aliphatic rings. The molecule has 110 valence electrons. The molecule has 20 heavy (non-hydrogen) atoms.